The molecule has 22 heteroatoms. The van der Waals surface area contributed by atoms with Crippen LogP contribution in [-0.2, 0) is 0 Å². The van der Waals surface area contributed by atoms with Gasteiger partial charge in [0.1, 0.15) is 0 Å². The van der Waals surface area contributed by atoms with Gasteiger partial charge in [0.25, 0.3) is 0 Å². The van der Waals surface area contributed by atoms with Gasteiger partial charge in [-0.05, 0) is 123 Å². The van der Waals surface area contributed by atoms with Crippen molar-refractivity contribution >= 4 is 131 Å². The van der Waals surface area contributed by atoms with Crippen molar-refractivity contribution in [1.29, 1.82) is 0 Å². The predicted octanol–water partition coefficient (Wildman–Crippen LogP) is 19.8. The van der Waals surface area contributed by atoms with Gasteiger partial charge in [-0.15, -0.1) is 91.5 Å². The maximum absolute atomic E-state index is 15.6. The maximum Gasteiger partial charge on any atom is 0.380 e. The second-order valence-corrected chi connectivity index (χ2v) is 27.8. The predicted molar refractivity (Wildman–Crippen MR) is 261 cm³/mol. The molecule has 0 N–H and O–H groups in total. The Morgan fingerprint density at radius 1 is 0.397 bits per heavy atom. The first-order valence-electron chi connectivity index (χ1n) is 19.9. The zero-order valence-electron chi connectivity index (χ0n) is 34.5. The summed E-state index contributed by atoms with van der Waals surface area (Å²) in [5.74, 6) is -32.0. The minimum atomic E-state index is -5.70. The maximum atomic E-state index is 15.6. The zero-order valence-corrected chi connectivity index (χ0v) is 42.5. The number of thiophene rings is 6. The third kappa shape index (κ3) is 6.13. The van der Waals surface area contributed by atoms with Crippen LogP contribution >= 0.6 is 115 Å². The summed E-state index contributed by atoms with van der Waals surface area (Å²) in [6.45, 7) is 5.95. The fourth-order valence-corrected chi connectivity index (χ4v) is 19.5. The summed E-state index contributed by atoms with van der Waals surface area (Å²) in [6, 6.07) is 17.2. The van der Waals surface area contributed by atoms with E-state index >= 15 is 52.7 Å². The second kappa shape index (κ2) is 15.0. The van der Waals surface area contributed by atoms with E-state index in [2.05, 4.69) is 0 Å². The fourth-order valence-electron chi connectivity index (χ4n) is 9.38. The van der Waals surface area contributed by atoms with E-state index in [0.29, 0.717) is 19.5 Å². The van der Waals surface area contributed by atoms with E-state index in [1.807, 2.05) is 36.4 Å². The van der Waals surface area contributed by atoms with E-state index in [4.69, 9.17) is 23.2 Å². The van der Waals surface area contributed by atoms with E-state index in [0.717, 1.165) is 87.6 Å². The molecule has 6 aromatic rings. The number of hydrogen-bond donors (Lipinski definition) is 0. The van der Waals surface area contributed by atoms with Crippen LogP contribution in [0, 0.1) is 13.8 Å². The Labute approximate surface area is 421 Å². The first-order valence-corrected chi connectivity index (χ1v) is 27.2. The quantitative estimate of drug-likeness (QED) is 0.146. The van der Waals surface area contributed by atoms with Crippen LogP contribution in [-0.4, -0.2) is 45.0 Å². The molecule has 5 aliphatic rings. The van der Waals surface area contributed by atoms with Crippen molar-refractivity contribution in [3.8, 4) is 39.0 Å². The van der Waals surface area contributed by atoms with Crippen LogP contribution in [0.15, 0.2) is 99.5 Å². The number of rotatable bonds is 7. The lowest BCUT2D eigenvalue weighted by Gasteiger charge is -2.47. The average molecular weight is 1130 g/mol. The van der Waals surface area contributed by atoms with Crippen LogP contribution in [0.4, 0.5) is 52.7 Å². The topological polar surface area (TPSA) is 0 Å². The smallest absolute Gasteiger partial charge is 0.194 e. The Morgan fingerprint density at radius 2 is 0.750 bits per heavy atom. The van der Waals surface area contributed by atoms with Crippen LogP contribution in [0.25, 0.3) is 55.1 Å². The van der Waals surface area contributed by atoms with Crippen molar-refractivity contribution in [2.24, 2.45) is 0 Å². The molecular weight excluding hydrogens is 1110 g/mol. The molecule has 1 fully saturated rings. The van der Waals surface area contributed by atoms with Crippen molar-refractivity contribution in [2.75, 3.05) is 0 Å². The number of hydrogen-bond acceptors (Lipinski definition) is 8. The molecule has 8 heterocycles. The van der Waals surface area contributed by atoms with E-state index in [1.165, 1.54) is 71.3 Å². The molecule has 1 saturated carbocycles. The van der Waals surface area contributed by atoms with Gasteiger partial charge in [0.15, 0.2) is 0 Å². The summed E-state index contributed by atoms with van der Waals surface area (Å²) >= 11 is 21.9. The van der Waals surface area contributed by atoms with Crippen LogP contribution in [0.3, 0.4) is 0 Å². The fraction of sp³-hybridized carbons (Fsp3) is 0.261. The highest BCUT2D eigenvalue weighted by Gasteiger charge is 2.84. The Hall–Kier alpha value is -2.66. The van der Waals surface area contributed by atoms with Crippen molar-refractivity contribution in [1.82, 2.24) is 0 Å². The molecule has 2 unspecified atom stereocenters. The van der Waals surface area contributed by atoms with E-state index in [-0.39, 0.29) is 29.6 Å². The minimum absolute atomic E-state index is 0.00801. The molecule has 6 aromatic heterocycles. The summed E-state index contributed by atoms with van der Waals surface area (Å²) in [5.41, 5.74) is -7.03. The van der Waals surface area contributed by atoms with Crippen molar-refractivity contribution in [3.63, 3.8) is 0 Å². The third-order valence-corrected chi connectivity index (χ3v) is 23.9. The van der Waals surface area contributed by atoms with E-state index in [9.17, 15) is 0 Å². The normalized spacial score (nSPS) is 25.9. The highest BCUT2D eigenvalue weighted by molar-refractivity contribution is 8.12. The van der Waals surface area contributed by atoms with Gasteiger partial charge >= 0.3 is 35.5 Å². The summed E-state index contributed by atoms with van der Waals surface area (Å²) in [5, 5.41) is 0. The van der Waals surface area contributed by atoms with Crippen molar-refractivity contribution in [3.05, 3.63) is 130 Å². The molecule has 0 radical (unpaired) electrons. The second-order valence-electron chi connectivity index (χ2n) is 16.8. The number of halogens is 14. The molecule has 0 amide bonds. The van der Waals surface area contributed by atoms with Gasteiger partial charge in [-0.1, -0.05) is 23.2 Å². The molecule has 0 bridgehead atoms. The van der Waals surface area contributed by atoms with Crippen LogP contribution < -0.4 is 0 Å². The molecule has 0 saturated heterocycles. The largest absolute Gasteiger partial charge is 0.380 e. The monoisotopic (exact) mass is 1130 g/mol. The lowest BCUT2D eigenvalue weighted by atomic mass is 9.71. The molecule has 2 atom stereocenters. The van der Waals surface area contributed by atoms with Crippen LogP contribution in [0.5, 0.6) is 0 Å². The van der Waals surface area contributed by atoms with Crippen molar-refractivity contribution in [2.45, 2.75) is 72.7 Å². The molecule has 2 aliphatic heterocycles. The average Bonchev–Trinajstić information content (AvgIpc) is 4.10. The molecule has 0 nitrogen and oxygen atoms in total. The summed E-state index contributed by atoms with van der Waals surface area (Å²) in [6.07, 6.45) is 2.44. The first-order chi connectivity index (χ1) is 31.6. The summed E-state index contributed by atoms with van der Waals surface area (Å²) < 4.78 is 182. The highest BCUT2D eigenvalue weighted by Crippen LogP contribution is 2.75. The van der Waals surface area contributed by atoms with E-state index in [1.54, 1.807) is 26.0 Å². The molecular formula is C46H24Cl2F12S8. The first kappa shape index (κ1) is 47.7. The lowest BCUT2D eigenvalue weighted by molar-refractivity contribution is -0.258. The molecule has 68 heavy (non-hydrogen) atoms. The summed E-state index contributed by atoms with van der Waals surface area (Å²) in [7, 11) is 0. The van der Waals surface area contributed by atoms with Gasteiger partial charge < -0.3 is 0 Å². The molecule has 0 spiro atoms. The van der Waals surface area contributed by atoms with Crippen LogP contribution in [0.1, 0.15) is 39.6 Å². The summed E-state index contributed by atoms with van der Waals surface area (Å²) in [4.78, 5) is 7.56. The van der Waals surface area contributed by atoms with Gasteiger partial charge in [0.05, 0.1) is 18.2 Å². The Kier molecular flexibility index (Phi) is 10.5. The minimum Gasteiger partial charge on any atom is -0.194 e. The molecule has 0 aromatic carbocycles. The number of aryl methyl sites for hydroxylation is 2. The SMILES string of the molecule is Cc1sc(Cl)cc1C1=C(c2cc(-c3ccc(-c4ccc(-c5ccc(-c6ccc(C7=CC8=C9C(=C%10C=C(Cl)SC%10(C)C8(C)S7)C(F)(F)C(F)(F)C9(F)F)s6)s5)s4)s3)sc2C)C(F)(F)C(F)(F)C1(F)F. The zero-order chi connectivity index (χ0) is 48.8. The number of allylic oxidation sites excluding steroid dienone is 6. The van der Waals surface area contributed by atoms with Gasteiger partial charge in [-0.25, -0.2) is 0 Å². The molecule has 3 aliphatic carbocycles. The van der Waals surface area contributed by atoms with E-state index < -0.39 is 78.4 Å². The van der Waals surface area contributed by atoms with Gasteiger partial charge in [-0.2, -0.15) is 52.7 Å². The Morgan fingerprint density at radius 3 is 1.19 bits per heavy atom. The number of fused-ring (bicyclic) bond motifs is 4. The number of alkyl halides is 12. The lowest BCUT2D eigenvalue weighted by Crippen LogP contribution is -2.48. The van der Waals surface area contributed by atoms with Gasteiger partial charge in [0, 0.05) is 80.8 Å². The Balaban J connectivity index is 0.867. The molecule has 11 rings (SSSR count). The van der Waals surface area contributed by atoms with Crippen LogP contribution in [0.2, 0.25) is 4.34 Å². The standard InChI is InChI=1S/C46H24Cl2F12S8/c1-17-19(35-36(20-14-33(47)62-18(20)2)42(51,52)45(57,58)41(35,49)50)13-31(61-17)29-11-9-27(65-29)25-7-5-23(63-25)24-6-8-26(64-24)28-10-12-30(66-28)32-15-21-37-38(44(55,56)46(59,60)43(37,53)54)22-16-34(48)68-40(22,4)39(21,3)67-32/h5-16H,1-4H3. The van der Waals surface area contributed by atoms with Gasteiger partial charge in [0.2, 0.25) is 0 Å². The number of thioether (sulfide) groups is 2. The van der Waals surface area contributed by atoms with Gasteiger partial charge in [-0.3, -0.25) is 0 Å². The Bertz CT molecular complexity index is 3360. The highest BCUT2D eigenvalue weighted by atomic mass is 35.5. The van der Waals surface area contributed by atoms with Crippen molar-refractivity contribution < 1.29 is 52.7 Å². The third-order valence-electron chi connectivity index (χ3n) is 12.9. The molecule has 354 valence electrons.